The molecule has 8 heteroatoms. The van der Waals surface area contributed by atoms with Gasteiger partial charge in [0.1, 0.15) is 5.69 Å². The van der Waals surface area contributed by atoms with E-state index in [1.165, 1.54) is 24.3 Å². The van der Waals surface area contributed by atoms with Gasteiger partial charge in [-0.05, 0) is 18.2 Å². The van der Waals surface area contributed by atoms with Gasteiger partial charge in [0.05, 0.1) is 17.3 Å². The minimum absolute atomic E-state index is 0.118. The summed E-state index contributed by atoms with van der Waals surface area (Å²) in [6.45, 7) is -1.98. The molecule has 0 amide bonds. The Balaban J connectivity index is 2.62. The van der Waals surface area contributed by atoms with E-state index in [1.807, 2.05) is 6.07 Å². The average Bonchev–Trinajstić information content (AvgIpc) is 2.93. The fourth-order valence-electron chi connectivity index (χ4n) is 1.68. The molecule has 0 saturated carbocycles. The number of halogens is 3. The number of hydrogen-bond acceptors (Lipinski definition) is 3. The van der Waals surface area contributed by atoms with Crippen molar-refractivity contribution in [2.75, 3.05) is 6.67 Å². The van der Waals surface area contributed by atoms with E-state index in [1.54, 1.807) is 0 Å². The van der Waals surface area contributed by atoms with Gasteiger partial charge in [-0.3, -0.25) is 0 Å². The van der Waals surface area contributed by atoms with Crippen LogP contribution in [0, 0.1) is 11.3 Å². The Labute approximate surface area is 116 Å². The first-order valence-corrected chi connectivity index (χ1v) is 5.67. The lowest BCUT2D eigenvalue weighted by atomic mass is 10.2. The summed E-state index contributed by atoms with van der Waals surface area (Å²) in [6.07, 6.45) is 0. The van der Waals surface area contributed by atoms with E-state index in [4.69, 9.17) is 10.4 Å². The highest BCUT2D eigenvalue weighted by molar-refractivity contribution is 5.86. The van der Waals surface area contributed by atoms with Crippen LogP contribution in [0.1, 0.15) is 21.7 Å². The quantitative estimate of drug-likeness (QED) is 0.940. The van der Waals surface area contributed by atoms with E-state index in [0.717, 1.165) is 4.68 Å². The molecule has 0 unspecified atom stereocenters. The molecule has 0 fully saturated rings. The maximum atomic E-state index is 13.3. The second-order valence-corrected chi connectivity index (χ2v) is 4.13. The number of carboxylic acids is 1. The highest BCUT2D eigenvalue weighted by Crippen LogP contribution is 2.29. The highest BCUT2D eigenvalue weighted by Gasteiger charge is 2.36. The van der Waals surface area contributed by atoms with Crippen molar-refractivity contribution in [3.8, 4) is 11.8 Å². The van der Waals surface area contributed by atoms with Crippen molar-refractivity contribution in [3.05, 3.63) is 47.3 Å². The number of carboxylic acid groups (broad SMARTS) is 1. The van der Waals surface area contributed by atoms with Crippen molar-refractivity contribution < 1.29 is 23.1 Å². The Kier molecular flexibility index (Phi) is 3.67. The predicted octanol–water partition coefficient (Wildman–Crippen LogP) is 2.50. The molecular weight excluding hydrogens is 287 g/mol. The van der Waals surface area contributed by atoms with Crippen LogP contribution in [-0.2, 0) is 5.92 Å². The first kappa shape index (κ1) is 14.6. The first-order chi connectivity index (χ1) is 9.89. The molecule has 0 atom stereocenters. The lowest BCUT2D eigenvalue weighted by molar-refractivity contribution is -0.0324. The molecular formula is C13H8F3N3O2. The van der Waals surface area contributed by atoms with Crippen LogP contribution in [0.15, 0.2) is 30.3 Å². The minimum atomic E-state index is -3.87. The van der Waals surface area contributed by atoms with Crippen LogP contribution in [0.25, 0.3) is 5.69 Å². The van der Waals surface area contributed by atoms with Crippen molar-refractivity contribution in [1.29, 1.82) is 5.26 Å². The van der Waals surface area contributed by atoms with Gasteiger partial charge in [-0.15, -0.1) is 0 Å². The number of aromatic carboxylic acids is 1. The van der Waals surface area contributed by atoms with Crippen LogP contribution in [0.4, 0.5) is 13.2 Å². The molecule has 2 rings (SSSR count). The first-order valence-electron chi connectivity index (χ1n) is 5.67. The van der Waals surface area contributed by atoms with E-state index in [0.29, 0.717) is 6.07 Å². The van der Waals surface area contributed by atoms with Crippen LogP contribution >= 0.6 is 0 Å². The average molecular weight is 295 g/mol. The third kappa shape index (κ3) is 2.72. The minimum Gasteiger partial charge on any atom is -0.477 e. The summed E-state index contributed by atoms with van der Waals surface area (Å²) < 4.78 is 39.7. The second-order valence-electron chi connectivity index (χ2n) is 4.13. The molecule has 0 aliphatic heterocycles. The van der Waals surface area contributed by atoms with Crippen molar-refractivity contribution in [1.82, 2.24) is 9.78 Å². The molecule has 0 aliphatic rings. The number of aromatic nitrogens is 2. The third-order valence-electron chi connectivity index (χ3n) is 2.69. The molecule has 0 spiro atoms. The normalized spacial score (nSPS) is 11.1. The van der Waals surface area contributed by atoms with Gasteiger partial charge in [-0.2, -0.15) is 19.1 Å². The molecule has 1 heterocycles. The Bertz CT molecular complexity index is 735. The predicted molar refractivity (Wildman–Crippen MR) is 65.1 cm³/mol. The number of carbonyl (C=O) groups is 1. The second kappa shape index (κ2) is 5.28. The van der Waals surface area contributed by atoms with Gasteiger partial charge in [0.2, 0.25) is 0 Å². The van der Waals surface area contributed by atoms with Gasteiger partial charge in [-0.25, -0.2) is 13.9 Å². The molecule has 1 aromatic carbocycles. The van der Waals surface area contributed by atoms with E-state index in [2.05, 4.69) is 5.10 Å². The van der Waals surface area contributed by atoms with Gasteiger partial charge < -0.3 is 5.11 Å². The number of alkyl halides is 3. The monoisotopic (exact) mass is 295 g/mol. The fraction of sp³-hybridized carbons (Fsp3) is 0.154. The molecule has 108 valence electrons. The molecule has 1 aromatic heterocycles. The summed E-state index contributed by atoms with van der Waals surface area (Å²) in [7, 11) is 0. The molecule has 0 radical (unpaired) electrons. The topological polar surface area (TPSA) is 78.9 Å². The number of nitrogens with zero attached hydrogens (tertiary/aromatic N) is 3. The Morgan fingerprint density at radius 1 is 1.43 bits per heavy atom. The fourth-order valence-corrected chi connectivity index (χ4v) is 1.68. The summed E-state index contributed by atoms with van der Waals surface area (Å²) in [6, 6.07) is 8.05. The van der Waals surface area contributed by atoms with Gasteiger partial charge >= 0.3 is 11.9 Å². The summed E-state index contributed by atoms with van der Waals surface area (Å²) in [5, 5.41) is 21.3. The van der Waals surface area contributed by atoms with Crippen molar-refractivity contribution >= 4 is 5.97 Å². The lowest BCUT2D eigenvalue weighted by Gasteiger charge is -2.08. The van der Waals surface area contributed by atoms with Crippen molar-refractivity contribution in [3.63, 3.8) is 0 Å². The van der Waals surface area contributed by atoms with Crippen molar-refractivity contribution in [2.24, 2.45) is 0 Å². The Hall–Kier alpha value is -2.82. The van der Waals surface area contributed by atoms with Gasteiger partial charge in [-0.1, -0.05) is 6.07 Å². The zero-order valence-corrected chi connectivity index (χ0v) is 10.4. The highest BCUT2D eigenvalue weighted by atomic mass is 19.3. The Morgan fingerprint density at radius 3 is 2.71 bits per heavy atom. The maximum Gasteiger partial charge on any atom is 0.354 e. The zero-order valence-electron chi connectivity index (χ0n) is 10.4. The van der Waals surface area contributed by atoms with Gasteiger partial charge in [0, 0.05) is 6.07 Å². The standard InChI is InChI=1S/C13H8F3N3O2/c14-7-13(15,16)11-5-10(12(20)21)19(18-11)9-3-1-2-8(4-9)6-17/h1-5H,7H2,(H,20,21). The largest absolute Gasteiger partial charge is 0.477 e. The third-order valence-corrected chi connectivity index (χ3v) is 2.69. The molecule has 5 nitrogen and oxygen atoms in total. The Morgan fingerprint density at radius 2 is 2.14 bits per heavy atom. The van der Waals surface area contributed by atoms with Crippen molar-refractivity contribution in [2.45, 2.75) is 5.92 Å². The van der Waals surface area contributed by atoms with Crippen LogP contribution in [0.5, 0.6) is 0 Å². The maximum absolute atomic E-state index is 13.3. The molecule has 0 aliphatic carbocycles. The van der Waals surface area contributed by atoms with Crippen LogP contribution in [0.3, 0.4) is 0 Å². The van der Waals surface area contributed by atoms with E-state index in [-0.39, 0.29) is 11.3 Å². The summed E-state index contributed by atoms with van der Waals surface area (Å²) >= 11 is 0. The molecule has 2 aromatic rings. The smallest absolute Gasteiger partial charge is 0.354 e. The number of nitriles is 1. The number of benzene rings is 1. The number of hydrogen-bond donors (Lipinski definition) is 1. The van der Waals surface area contributed by atoms with E-state index < -0.39 is 30.0 Å². The number of rotatable bonds is 4. The molecule has 1 N–H and O–H groups in total. The summed E-state index contributed by atoms with van der Waals surface area (Å²) in [5.41, 5.74) is -1.21. The van der Waals surface area contributed by atoms with Gasteiger partial charge in [0.25, 0.3) is 0 Å². The summed E-state index contributed by atoms with van der Waals surface area (Å²) in [4.78, 5) is 11.1. The van der Waals surface area contributed by atoms with Gasteiger partial charge in [0.15, 0.2) is 12.4 Å². The molecule has 0 saturated heterocycles. The van der Waals surface area contributed by atoms with E-state index >= 15 is 0 Å². The SMILES string of the molecule is N#Cc1cccc(-n2nc(C(F)(F)CF)cc2C(=O)O)c1. The van der Waals surface area contributed by atoms with Crippen LogP contribution in [0.2, 0.25) is 0 Å². The van der Waals surface area contributed by atoms with E-state index in [9.17, 15) is 18.0 Å². The summed E-state index contributed by atoms with van der Waals surface area (Å²) in [5.74, 6) is -5.37. The molecule has 21 heavy (non-hydrogen) atoms. The van der Waals surface area contributed by atoms with Crippen LogP contribution in [-0.4, -0.2) is 27.5 Å². The molecule has 0 bridgehead atoms. The lowest BCUT2D eigenvalue weighted by Crippen LogP contribution is -2.17. The van der Waals surface area contributed by atoms with Crippen LogP contribution < -0.4 is 0 Å². The zero-order chi connectivity index (χ0) is 15.6.